The second-order valence-corrected chi connectivity index (χ2v) is 3.91. The number of carboxylic acid groups (broad SMARTS) is 4. The first-order valence-electron chi connectivity index (χ1n) is 5.44. The van der Waals surface area contributed by atoms with Crippen LogP contribution in [0.15, 0.2) is 0 Å². The Morgan fingerprint density at radius 2 is 0.680 bits per heavy atom. The van der Waals surface area contributed by atoms with E-state index >= 15 is 0 Å². The van der Waals surface area contributed by atoms with E-state index in [1.165, 1.54) is 0 Å². The Balaban J connectivity index is -0.000000180. The number of hydrogen-bond donors (Lipinski definition) is 0. The van der Waals surface area contributed by atoms with Gasteiger partial charge in [0.2, 0.25) is 0 Å². The van der Waals surface area contributed by atoms with Crippen LogP contribution in [-0.2, 0) is 36.2 Å². The van der Waals surface area contributed by atoms with Crippen LogP contribution >= 0.6 is 0 Å². The summed E-state index contributed by atoms with van der Waals surface area (Å²) in [4.78, 5) is 43.4. The van der Waals surface area contributed by atoms with Crippen molar-refractivity contribution in [1.82, 2.24) is 9.80 Å². The number of nitrogens with zero attached hydrogens (tertiary/aromatic N) is 2. The van der Waals surface area contributed by atoms with Crippen molar-refractivity contribution in [3.63, 3.8) is 0 Å². The molecule has 0 atom stereocenters. The zero-order valence-electron chi connectivity index (χ0n) is 14.8. The summed E-state index contributed by atoms with van der Waals surface area (Å²) in [6.07, 6.45) is 0. The van der Waals surface area contributed by atoms with Crippen LogP contribution in [0.1, 0.15) is 0 Å². The van der Waals surface area contributed by atoms with Crippen molar-refractivity contribution in [3.8, 4) is 0 Å². The Bertz CT molecular complexity index is 337. The van der Waals surface area contributed by atoms with Gasteiger partial charge < -0.3 is 39.6 Å². The maximum atomic E-state index is 10.4. The zero-order chi connectivity index (χ0) is 15.7. The van der Waals surface area contributed by atoms with Crippen molar-refractivity contribution in [2.75, 3.05) is 39.3 Å². The number of carboxylic acids is 4. The molecular weight excluding hydrogens is 424 g/mol. The summed E-state index contributed by atoms with van der Waals surface area (Å²) in [5.74, 6) is -6.12. The van der Waals surface area contributed by atoms with Crippen LogP contribution in [0.5, 0.6) is 0 Å². The largest absolute Gasteiger partial charge is 1.00 e. The van der Waals surface area contributed by atoms with E-state index in [4.69, 9.17) is 0 Å². The van der Waals surface area contributed by atoms with Gasteiger partial charge in [-0.3, -0.25) is 9.80 Å². The van der Waals surface area contributed by atoms with Gasteiger partial charge in [0.15, 0.2) is 0 Å². The van der Waals surface area contributed by atoms with Crippen molar-refractivity contribution in [3.05, 3.63) is 0 Å². The fourth-order valence-corrected chi connectivity index (χ4v) is 1.44. The van der Waals surface area contributed by atoms with Gasteiger partial charge in [0, 0.05) is 56.3 Å². The Labute approximate surface area is 244 Å². The van der Waals surface area contributed by atoms with Gasteiger partial charge in [0.05, 0.1) is 23.9 Å². The van der Waals surface area contributed by atoms with Gasteiger partial charge in [0.1, 0.15) is 0 Å². The minimum atomic E-state index is -1.53. The molecule has 0 bridgehead atoms. The Kier molecular flexibility index (Phi) is 40.6. The van der Waals surface area contributed by atoms with Gasteiger partial charge >= 0.3 is 118 Å². The maximum Gasteiger partial charge on any atom is 1.00 e. The van der Waals surface area contributed by atoms with E-state index in [0.29, 0.717) is 0 Å². The summed E-state index contributed by atoms with van der Waals surface area (Å²) >= 11 is 0. The smallest absolute Gasteiger partial charge is 0.549 e. The number of rotatable bonds is 11. The normalized spacial score (nSPS) is 8.56. The molecule has 0 aliphatic carbocycles. The van der Waals surface area contributed by atoms with Gasteiger partial charge in [-0.25, -0.2) is 0 Å². The first-order chi connectivity index (χ1) is 9.20. The molecule has 0 radical (unpaired) electrons. The van der Waals surface area contributed by atoms with Crippen LogP contribution < -0.4 is 139 Å². The molecule has 122 valence electrons. The molecule has 0 aromatic carbocycles. The van der Waals surface area contributed by atoms with E-state index < -0.39 is 50.1 Å². The van der Waals surface area contributed by atoms with Crippen LogP contribution in [-0.4, -0.2) is 72.9 Å². The van der Waals surface area contributed by atoms with E-state index in [9.17, 15) is 39.6 Å². The second kappa shape index (κ2) is 24.4. The minimum Gasteiger partial charge on any atom is -0.549 e. The minimum absolute atomic E-state index is 0. The molecular formula is C10H12FeN2Na4O8. The second-order valence-electron chi connectivity index (χ2n) is 3.91. The topological polar surface area (TPSA) is 167 Å². The molecule has 0 aromatic rings. The van der Waals surface area contributed by atoms with Crippen LogP contribution in [0.25, 0.3) is 0 Å². The molecule has 25 heavy (non-hydrogen) atoms. The SMILES string of the molecule is O=C([O-])CN(CCN(CC(=O)[O-])CC(=O)[O-])CC(=O)[O-].[Fe].[Na+].[Na+].[Na+].[Na+]. The molecule has 0 amide bonds. The molecule has 10 nitrogen and oxygen atoms in total. The van der Waals surface area contributed by atoms with Gasteiger partial charge in [-0.15, -0.1) is 0 Å². The number of carbonyl (C=O) groups is 4. The third kappa shape index (κ3) is 28.6. The molecule has 0 unspecified atom stereocenters. The molecule has 0 N–H and O–H groups in total. The molecule has 0 rings (SSSR count). The van der Waals surface area contributed by atoms with Crippen molar-refractivity contribution in [2.45, 2.75) is 0 Å². The summed E-state index contributed by atoms with van der Waals surface area (Å²) in [5.41, 5.74) is 0. The number of carbonyl (C=O) groups excluding carboxylic acids is 4. The standard InChI is InChI=1S/C10H16N2O8.Fe.4Na/c13-7(14)3-11(4-8(15)16)1-2-12(5-9(17)18)6-10(19)20;;;;;/h1-6H2,(H,13,14)(H,15,16)(H,17,18)(H,19,20);;;;;/q;;4*+1/p-4. The first-order valence-corrected chi connectivity index (χ1v) is 5.44. The molecule has 0 saturated carbocycles. The Morgan fingerprint density at radius 1 is 0.520 bits per heavy atom. The molecule has 0 heterocycles. The summed E-state index contributed by atoms with van der Waals surface area (Å²) in [5, 5.41) is 41.6. The molecule has 15 heteroatoms. The summed E-state index contributed by atoms with van der Waals surface area (Å²) in [6, 6.07) is 0. The van der Waals surface area contributed by atoms with E-state index in [0.717, 1.165) is 9.80 Å². The summed E-state index contributed by atoms with van der Waals surface area (Å²) in [7, 11) is 0. The van der Waals surface area contributed by atoms with Crippen LogP contribution in [0.2, 0.25) is 0 Å². The van der Waals surface area contributed by atoms with E-state index in [1.807, 2.05) is 0 Å². The molecule has 0 saturated heterocycles. The number of hydrogen-bond acceptors (Lipinski definition) is 10. The molecule has 0 aromatic heterocycles. The van der Waals surface area contributed by atoms with E-state index in [2.05, 4.69) is 0 Å². The maximum absolute atomic E-state index is 10.4. The number of aliphatic carboxylic acids is 4. The molecule has 0 spiro atoms. The Hall–Kier alpha value is 2.32. The third-order valence-electron chi connectivity index (χ3n) is 2.14. The van der Waals surface area contributed by atoms with E-state index in [-0.39, 0.29) is 148 Å². The predicted octanol–water partition coefficient (Wildman–Crippen LogP) is -19.4. The fourth-order valence-electron chi connectivity index (χ4n) is 1.44. The van der Waals surface area contributed by atoms with Gasteiger partial charge in [0.25, 0.3) is 0 Å². The molecule has 0 fully saturated rings. The van der Waals surface area contributed by atoms with E-state index in [1.54, 1.807) is 0 Å². The van der Waals surface area contributed by atoms with Crippen molar-refractivity contribution in [2.24, 2.45) is 0 Å². The van der Waals surface area contributed by atoms with Gasteiger partial charge in [-0.05, 0) is 0 Å². The monoisotopic (exact) mass is 436 g/mol. The van der Waals surface area contributed by atoms with Crippen LogP contribution in [0.3, 0.4) is 0 Å². The average Bonchev–Trinajstić information content (AvgIpc) is 2.22. The van der Waals surface area contributed by atoms with Crippen LogP contribution in [0, 0.1) is 0 Å². The van der Waals surface area contributed by atoms with Crippen molar-refractivity contribution in [1.29, 1.82) is 0 Å². The van der Waals surface area contributed by atoms with Crippen LogP contribution in [0.4, 0.5) is 0 Å². The molecule has 0 aliphatic rings. The zero-order valence-corrected chi connectivity index (χ0v) is 23.9. The molecule has 0 aliphatic heterocycles. The quantitative estimate of drug-likeness (QED) is 0.284. The average molecular weight is 436 g/mol. The fraction of sp³-hybridized carbons (Fsp3) is 0.600. The predicted molar refractivity (Wildman–Crippen MR) is 52.9 cm³/mol. The Morgan fingerprint density at radius 3 is 0.800 bits per heavy atom. The van der Waals surface area contributed by atoms with Gasteiger partial charge in [-0.2, -0.15) is 0 Å². The third-order valence-corrected chi connectivity index (χ3v) is 2.14. The summed E-state index contributed by atoms with van der Waals surface area (Å²) < 4.78 is 0. The summed E-state index contributed by atoms with van der Waals surface area (Å²) in [6.45, 7) is -3.25. The first kappa shape index (κ1) is 41.6. The van der Waals surface area contributed by atoms with Gasteiger partial charge in [-0.1, -0.05) is 0 Å². The van der Waals surface area contributed by atoms with Crippen molar-refractivity contribution < 1.29 is 175 Å². The van der Waals surface area contributed by atoms with Crippen molar-refractivity contribution >= 4 is 23.9 Å².